The lowest BCUT2D eigenvalue weighted by molar-refractivity contribution is 0.150. The van der Waals surface area contributed by atoms with E-state index in [9.17, 15) is 5.11 Å². The molecule has 0 saturated carbocycles. The van der Waals surface area contributed by atoms with Gasteiger partial charge in [0, 0.05) is 16.6 Å². The van der Waals surface area contributed by atoms with E-state index in [2.05, 4.69) is 15.9 Å². The summed E-state index contributed by atoms with van der Waals surface area (Å²) in [5.41, 5.74) is 0.832. The molecule has 0 aliphatic carbocycles. The molecule has 1 unspecified atom stereocenters. The molecule has 0 aromatic heterocycles. The van der Waals surface area contributed by atoms with Gasteiger partial charge in [0.1, 0.15) is 5.75 Å². The van der Waals surface area contributed by atoms with Gasteiger partial charge < -0.3 is 14.7 Å². The van der Waals surface area contributed by atoms with Crippen molar-refractivity contribution >= 4 is 15.9 Å². The number of hydrogen-bond donors (Lipinski definition) is 1. The molecule has 0 fully saturated rings. The SMILES string of the molecule is COc1ccc(Br)cc1C(O)CCN(C)C. The third kappa shape index (κ3) is 3.77. The van der Waals surface area contributed by atoms with Gasteiger partial charge in [0.15, 0.2) is 0 Å². The lowest BCUT2D eigenvalue weighted by Gasteiger charge is -2.17. The van der Waals surface area contributed by atoms with Crippen LogP contribution in [0.3, 0.4) is 0 Å². The largest absolute Gasteiger partial charge is 0.496 e. The molecule has 1 rings (SSSR count). The molecule has 1 aromatic rings. The second-order valence-electron chi connectivity index (χ2n) is 3.99. The van der Waals surface area contributed by atoms with Gasteiger partial charge in [-0.05, 0) is 38.7 Å². The Kier molecular flexibility index (Phi) is 5.25. The van der Waals surface area contributed by atoms with Crippen molar-refractivity contribution in [3.8, 4) is 5.75 Å². The molecular weight excluding hydrogens is 270 g/mol. The highest BCUT2D eigenvalue weighted by molar-refractivity contribution is 9.10. The topological polar surface area (TPSA) is 32.7 Å². The van der Waals surface area contributed by atoms with Crippen LogP contribution in [-0.2, 0) is 0 Å². The van der Waals surface area contributed by atoms with E-state index < -0.39 is 6.10 Å². The van der Waals surface area contributed by atoms with E-state index in [4.69, 9.17) is 4.74 Å². The molecule has 0 bridgehead atoms. The fourth-order valence-electron chi connectivity index (χ4n) is 1.50. The predicted octanol–water partition coefficient (Wildman–Crippen LogP) is 2.44. The number of benzene rings is 1. The van der Waals surface area contributed by atoms with Crippen LogP contribution in [0.5, 0.6) is 5.75 Å². The zero-order chi connectivity index (χ0) is 12.1. The Bertz CT molecular complexity index is 342. The third-order valence-electron chi connectivity index (χ3n) is 2.40. The minimum absolute atomic E-state index is 0.491. The average Bonchev–Trinajstić information content (AvgIpc) is 2.25. The molecule has 0 heterocycles. The van der Waals surface area contributed by atoms with Gasteiger partial charge >= 0.3 is 0 Å². The van der Waals surface area contributed by atoms with Crippen molar-refractivity contribution in [1.29, 1.82) is 0 Å². The minimum atomic E-state index is -0.491. The van der Waals surface area contributed by atoms with Crippen LogP contribution in [0.25, 0.3) is 0 Å². The van der Waals surface area contributed by atoms with E-state index in [-0.39, 0.29) is 0 Å². The normalized spacial score (nSPS) is 12.9. The smallest absolute Gasteiger partial charge is 0.124 e. The number of methoxy groups -OCH3 is 1. The van der Waals surface area contributed by atoms with E-state index in [0.29, 0.717) is 6.42 Å². The van der Waals surface area contributed by atoms with Crippen molar-refractivity contribution in [3.05, 3.63) is 28.2 Å². The van der Waals surface area contributed by atoms with E-state index in [0.717, 1.165) is 22.3 Å². The second-order valence-corrected chi connectivity index (χ2v) is 4.91. The van der Waals surface area contributed by atoms with Crippen molar-refractivity contribution in [1.82, 2.24) is 4.90 Å². The summed E-state index contributed by atoms with van der Waals surface area (Å²) >= 11 is 3.40. The number of hydrogen-bond acceptors (Lipinski definition) is 3. The van der Waals surface area contributed by atoms with Crippen LogP contribution in [0, 0.1) is 0 Å². The van der Waals surface area contributed by atoms with Crippen LogP contribution in [0.1, 0.15) is 18.1 Å². The average molecular weight is 288 g/mol. The zero-order valence-corrected chi connectivity index (χ0v) is 11.5. The molecule has 0 amide bonds. The number of aliphatic hydroxyl groups excluding tert-OH is 1. The van der Waals surface area contributed by atoms with Crippen LogP contribution in [0.2, 0.25) is 0 Å². The summed E-state index contributed by atoms with van der Waals surface area (Å²) in [6, 6.07) is 5.67. The second kappa shape index (κ2) is 6.23. The van der Waals surface area contributed by atoms with Gasteiger partial charge in [-0.15, -0.1) is 0 Å². The van der Waals surface area contributed by atoms with Gasteiger partial charge in [0.05, 0.1) is 13.2 Å². The van der Waals surface area contributed by atoms with Crippen molar-refractivity contribution in [2.45, 2.75) is 12.5 Å². The zero-order valence-electron chi connectivity index (χ0n) is 9.90. The lowest BCUT2D eigenvalue weighted by atomic mass is 10.1. The Morgan fingerprint density at radius 1 is 1.44 bits per heavy atom. The maximum absolute atomic E-state index is 10.1. The van der Waals surface area contributed by atoms with Gasteiger partial charge in [-0.2, -0.15) is 0 Å². The number of halogens is 1. The molecule has 1 aromatic carbocycles. The van der Waals surface area contributed by atoms with Crippen molar-refractivity contribution in [2.24, 2.45) is 0 Å². The van der Waals surface area contributed by atoms with Gasteiger partial charge in [0.2, 0.25) is 0 Å². The highest BCUT2D eigenvalue weighted by atomic mass is 79.9. The van der Waals surface area contributed by atoms with Crippen LogP contribution in [0.15, 0.2) is 22.7 Å². The molecule has 0 aliphatic heterocycles. The van der Waals surface area contributed by atoms with E-state index in [1.165, 1.54) is 0 Å². The Labute approximate surface area is 105 Å². The van der Waals surface area contributed by atoms with Gasteiger partial charge in [0.25, 0.3) is 0 Å². The summed E-state index contributed by atoms with van der Waals surface area (Å²) in [6.07, 6.45) is 0.203. The standard InChI is InChI=1S/C12H18BrNO2/c1-14(2)7-6-11(15)10-8-9(13)4-5-12(10)16-3/h4-5,8,11,15H,6-7H2,1-3H3. The van der Waals surface area contributed by atoms with E-state index in [1.807, 2.05) is 37.2 Å². The molecule has 0 radical (unpaired) electrons. The molecule has 0 saturated heterocycles. The number of rotatable bonds is 5. The summed E-state index contributed by atoms with van der Waals surface area (Å²) in [6.45, 7) is 0.844. The van der Waals surface area contributed by atoms with Crippen molar-refractivity contribution < 1.29 is 9.84 Å². The minimum Gasteiger partial charge on any atom is -0.496 e. The Balaban J connectivity index is 2.80. The molecule has 4 heteroatoms. The van der Waals surface area contributed by atoms with E-state index in [1.54, 1.807) is 7.11 Å². The Morgan fingerprint density at radius 3 is 2.69 bits per heavy atom. The molecule has 3 nitrogen and oxygen atoms in total. The maximum atomic E-state index is 10.1. The molecule has 16 heavy (non-hydrogen) atoms. The molecule has 0 spiro atoms. The van der Waals surface area contributed by atoms with Gasteiger partial charge in [-0.25, -0.2) is 0 Å². The summed E-state index contributed by atoms with van der Waals surface area (Å²) in [5.74, 6) is 0.731. The Hall–Kier alpha value is -0.580. The first-order valence-corrected chi connectivity index (χ1v) is 6.00. The van der Waals surface area contributed by atoms with Crippen LogP contribution in [-0.4, -0.2) is 37.8 Å². The first-order valence-electron chi connectivity index (χ1n) is 5.21. The fourth-order valence-corrected chi connectivity index (χ4v) is 1.88. The summed E-state index contributed by atoms with van der Waals surface area (Å²) in [4.78, 5) is 2.05. The molecule has 1 atom stereocenters. The van der Waals surface area contributed by atoms with Gasteiger partial charge in [-0.3, -0.25) is 0 Å². The number of aliphatic hydroxyl groups is 1. The summed E-state index contributed by atoms with van der Waals surface area (Å²) in [7, 11) is 5.60. The quantitative estimate of drug-likeness (QED) is 0.903. The van der Waals surface area contributed by atoms with Crippen LogP contribution >= 0.6 is 15.9 Å². The highest BCUT2D eigenvalue weighted by Gasteiger charge is 2.13. The van der Waals surface area contributed by atoms with Crippen LogP contribution in [0.4, 0.5) is 0 Å². The number of ether oxygens (including phenoxy) is 1. The highest BCUT2D eigenvalue weighted by Crippen LogP contribution is 2.30. The number of nitrogens with zero attached hydrogens (tertiary/aromatic N) is 1. The van der Waals surface area contributed by atoms with Crippen molar-refractivity contribution in [3.63, 3.8) is 0 Å². The molecular formula is C12H18BrNO2. The molecule has 1 N–H and O–H groups in total. The fraction of sp³-hybridized carbons (Fsp3) is 0.500. The molecule has 90 valence electrons. The monoisotopic (exact) mass is 287 g/mol. The first kappa shape index (κ1) is 13.5. The summed E-state index contributed by atoms with van der Waals surface area (Å²) < 4.78 is 6.18. The lowest BCUT2D eigenvalue weighted by Crippen LogP contribution is -2.16. The van der Waals surface area contributed by atoms with Crippen LogP contribution < -0.4 is 4.74 Å². The first-order chi connectivity index (χ1) is 7.54. The third-order valence-corrected chi connectivity index (χ3v) is 2.89. The van der Waals surface area contributed by atoms with Crippen molar-refractivity contribution in [2.75, 3.05) is 27.7 Å². The van der Waals surface area contributed by atoms with E-state index >= 15 is 0 Å². The predicted molar refractivity (Wildman–Crippen MR) is 68.8 cm³/mol. The van der Waals surface area contributed by atoms with Gasteiger partial charge in [-0.1, -0.05) is 15.9 Å². The summed E-state index contributed by atoms with van der Waals surface area (Å²) in [5, 5.41) is 10.1. The maximum Gasteiger partial charge on any atom is 0.124 e. The molecule has 0 aliphatic rings. The Morgan fingerprint density at radius 2 is 2.12 bits per heavy atom.